The first-order chi connectivity index (χ1) is 6.27. The molecule has 0 aromatic carbocycles. The zero-order valence-corrected chi connectivity index (χ0v) is 10.6. The lowest BCUT2D eigenvalue weighted by Gasteiger charge is -2.09. The molecule has 3 heteroatoms. The van der Waals surface area contributed by atoms with Gasteiger partial charge in [-0.3, -0.25) is 0 Å². The van der Waals surface area contributed by atoms with Crippen molar-refractivity contribution in [2.75, 3.05) is 5.33 Å². The van der Waals surface area contributed by atoms with Crippen LogP contribution in [0.2, 0.25) is 0 Å². The predicted molar refractivity (Wildman–Crippen MR) is 62.7 cm³/mol. The SMILES string of the molecule is CCC(CBr)CCc1scnc1C. The second-order valence-electron chi connectivity index (χ2n) is 3.33. The molecule has 0 aliphatic heterocycles. The molecule has 1 heterocycles. The third-order valence-electron chi connectivity index (χ3n) is 2.42. The molecule has 0 bridgehead atoms. The van der Waals surface area contributed by atoms with Crippen LogP contribution < -0.4 is 0 Å². The van der Waals surface area contributed by atoms with Crippen LogP contribution in [0.4, 0.5) is 0 Å². The first-order valence-corrected chi connectivity index (χ1v) is 6.73. The van der Waals surface area contributed by atoms with Gasteiger partial charge in [-0.05, 0) is 25.7 Å². The second-order valence-corrected chi connectivity index (χ2v) is 4.91. The Balaban J connectivity index is 2.38. The van der Waals surface area contributed by atoms with Gasteiger partial charge in [-0.15, -0.1) is 11.3 Å². The largest absolute Gasteiger partial charge is 0.250 e. The lowest BCUT2D eigenvalue weighted by atomic mass is 10.0. The highest BCUT2D eigenvalue weighted by Gasteiger charge is 2.07. The quantitative estimate of drug-likeness (QED) is 0.735. The Morgan fingerprint density at radius 2 is 2.38 bits per heavy atom. The molecule has 1 rings (SSSR count). The number of rotatable bonds is 5. The molecule has 0 saturated heterocycles. The molecule has 1 aromatic rings. The van der Waals surface area contributed by atoms with E-state index in [0.717, 1.165) is 11.2 Å². The van der Waals surface area contributed by atoms with E-state index >= 15 is 0 Å². The first kappa shape index (κ1) is 11.2. The number of nitrogens with zero attached hydrogens (tertiary/aromatic N) is 1. The monoisotopic (exact) mass is 261 g/mol. The number of alkyl halides is 1. The summed E-state index contributed by atoms with van der Waals surface area (Å²) in [5.74, 6) is 0.821. The standard InChI is InChI=1S/C10H16BrNS/c1-3-9(6-11)4-5-10-8(2)12-7-13-10/h7,9H,3-6H2,1-2H3. The van der Waals surface area contributed by atoms with Crippen LogP contribution >= 0.6 is 27.3 Å². The smallest absolute Gasteiger partial charge is 0.0797 e. The summed E-state index contributed by atoms with van der Waals surface area (Å²) in [6, 6.07) is 0. The van der Waals surface area contributed by atoms with Crippen LogP contribution in [-0.2, 0) is 6.42 Å². The van der Waals surface area contributed by atoms with Crippen molar-refractivity contribution >= 4 is 27.3 Å². The lowest BCUT2D eigenvalue weighted by molar-refractivity contribution is 0.530. The van der Waals surface area contributed by atoms with Crippen molar-refractivity contribution in [3.05, 3.63) is 16.1 Å². The van der Waals surface area contributed by atoms with Crippen LogP contribution in [0.3, 0.4) is 0 Å². The molecule has 0 fully saturated rings. The fraction of sp³-hybridized carbons (Fsp3) is 0.700. The van der Waals surface area contributed by atoms with E-state index in [9.17, 15) is 0 Å². The molecule has 0 aliphatic carbocycles. The van der Waals surface area contributed by atoms with Gasteiger partial charge in [-0.2, -0.15) is 0 Å². The molecule has 1 atom stereocenters. The molecule has 0 spiro atoms. The second kappa shape index (κ2) is 5.76. The molecule has 1 unspecified atom stereocenters. The van der Waals surface area contributed by atoms with Crippen molar-refractivity contribution in [2.45, 2.75) is 33.1 Å². The molecule has 1 aromatic heterocycles. The fourth-order valence-corrected chi connectivity index (χ4v) is 2.87. The molecule has 1 nitrogen and oxygen atoms in total. The molecule has 0 saturated carbocycles. The Morgan fingerprint density at radius 1 is 1.62 bits per heavy atom. The average Bonchev–Trinajstić information content (AvgIpc) is 2.54. The summed E-state index contributed by atoms with van der Waals surface area (Å²) in [6.07, 6.45) is 3.74. The van der Waals surface area contributed by atoms with Gasteiger partial charge in [0.05, 0.1) is 11.2 Å². The lowest BCUT2D eigenvalue weighted by Crippen LogP contribution is -2.01. The Labute approximate surface area is 92.7 Å². The van der Waals surface area contributed by atoms with Crippen molar-refractivity contribution in [1.82, 2.24) is 4.98 Å². The van der Waals surface area contributed by atoms with Crippen molar-refractivity contribution in [3.63, 3.8) is 0 Å². The third-order valence-corrected chi connectivity index (χ3v) is 4.33. The Bertz CT molecular complexity index is 243. The number of aryl methyl sites for hydroxylation is 2. The van der Waals surface area contributed by atoms with Gasteiger partial charge >= 0.3 is 0 Å². The number of thiazole rings is 1. The zero-order valence-electron chi connectivity index (χ0n) is 8.22. The van der Waals surface area contributed by atoms with E-state index < -0.39 is 0 Å². The van der Waals surface area contributed by atoms with E-state index in [2.05, 4.69) is 34.8 Å². The number of aromatic nitrogens is 1. The third kappa shape index (κ3) is 3.39. The zero-order chi connectivity index (χ0) is 9.68. The highest BCUT2D eigenvalue weighted by Crippen LogP contribution is 2.19. The van der Waals surface area contributed by atoms with Crippen molar-refractivity contribution in [2.24, 2.45) is 5.92 Å². The topological polar surface area (TPSA) is 12.9 Å². The van der Waals surface area contributed by atoms with Gasteiger partial charge in [0.1, 0.15) is 0 Å². The molecule has 0 radical (unpaired) electrons. The molecule has 0 aliphatic rings. The van der Waals surface area contributed by atoms with E-state index in [1.807, 2.05) is 5.51 Å². The van der Waals surface area contributed by atoms with E-state index in [1.54, 1.807) is 11.3 Å². The Morgan fingerprint density at radius 3 is 2.85 bits per heavy atom. The van der Waals surface area contributed by atoms with E-state index in [4.69, 9.17) is 0 Å². The summed E-state index contributed by atoms with van der Waals surface area (Å²) in [5, 5.41) is 1.13. The van der Waals surface area contributed by atoms with Gasteiger partial charge in [0, 0.05) is 10.2 Å². The number of hydrogen-bond acceptors (Lipinski definition) is 2. The normalized spacial score (nSPS) is 13.2. The van der Waals surface area contributed by atoms with Gasteiger partial charge in [0.15, 0.2) is 0 Å². The van der Waals surface area contributed by atoms with E-state index in [-0.39, 0.29) is 0 Å². The minimum Gasteiger partial charge on any atom is -0.250 e. The van der Waals surface area contributed by atoms with Crippen molar-refractivity contribution in [3.8, 4) is 0 Å². The molecule has 0 N–H and O–H groups in total. The van der Waals surface area contributed by atoms with E-state index in [0.29, 0.717) is 0 Å². The summed E-state index contributed by atoms with van der Waals surface area (Å²) < 4.78 is 0. The minimum absolute atomic E-state index is 0.821. The minimum atomic E-state index is 0.821. The maximum atomic E-state index is 4.25. The number of hydrogen-bond donors (Lipinski definition) is 0. The van der Waals surface area contributed by atoms with E-state index in [1.165, 1.54) is 29.8 Å². The number of halogens is 1. The van der Waals surface area contributed by atoms with Crippen LogP contribution in [0.15, 0.2) is 5.51 Å². The van der Waals surface area contributed by atoms with Gasteiger partial charge < -0.3 is 0 Å². The molecule has 0 amide bonds. The summed E-state index contributed by atoms with van der Waals surface area (Å²) in [4.78, 5) is 5.71. The Kier molecular flexibility index (Phi) is 4.96. The fourth-order valence-electron chi connectivity index (χ4n) is 1.29. The first-order valence-electron chi connectivity index (χ1n) is 4.72. The molecular formula is C10H16BrNS. The highest BCUT2D eigenvalue weighted by atomic mass is 79.9. The van der Waals surface area contributed by atoms with Crippen LogP contribution in [0, 0.1) is 12.8 Å². The van der Waals surface area contributed by atoms with Gasteiger partial charge in [0.25, 0.3) is 0 Å². The average molecular weight is 262 g/mol. The van der Waals surface area contributed by atoms with Crippen LogP contribution in [0.25, 0.3) is 0 Å². The molecule has 13 heavy (non-hydrogen) atoms. The summed E-state index contributed by atoms with van der Waals surface area (Å²) in [7, 11) is 0. The summed E-state index contributed by atoms with van der Waals surface area (Å²) in [5.41, 5.74) is 3.16. The van der Waals surface area contributed by atoms with Crippen LogP contribution in [0.1, 0.15) is 30.3 Å². The van der Waals surface area contributed by atoms with Crippen molar-refractivity contribution in [1.29, 1.82) is 0 Å². The molecule has 74 valence electrons. The van der Waals surface area contributed by atoms with Gasteiger partial charge in [-0.1, -0.05) is 29.3 Å². The summed E-state index contributed by atoms with van der Waals surface area (Å²) in [6.45, 7) is 4.35. The van der Waals surface area contributed by atoms with Crippen LogP contribution in [-0.4, -0.2) is 10.3 Å². The van der Waals surface area contributed by atoms with Crippen LogP contribution in [0.5, 0.6) is 0 Å². The maximum absolute atomic E-state index is 4.25. The Hall–Kier alpha value is 0.110. The van der Waals surface area contributed by atoms with Crippen molar-refractivity contribution < 1.29 is 0 Å². The highest BCUT2D eigenvalue weighted by molar-refractivity contribution is 9.09. The maximum Gasteiger partial charge on any atom is 0.0797 e. The molecular weight excluding hydrogens is 246 g/mol. The predicted octanol–water partition coefficient (Wildman–Crippen LogP) is 3.81. The van der Waals surface area contributed by atoms with Gasteiger partial charge in [0.2, 0.25) is 0 Å². The summed E-state index contributed by atoms with van der Waals surface area (Å²) >= 11 is 5.33. The van der Waals surface area contributed by atoms with Gasteiger partial charge in [-0.25, -0.2) is 4.98 Å².